The molecule has 0 radical (unpaired) electrons. The molecule has 1 heterocycles. The number of imide groups is 2. The fraction of sp³-hybridized carbons (Fsp3) is 0.550. The van der Waals surface area contributed by atoms with Crippen molar-refractivity contribution in [3.05, 3.63) is 29.6 Å². The Hall–Kier alpha value is -2.69. The number of sulfone groups is 1. The quantitative estimate of drug-likeness (QED) is 0.410. The van der Waals surface area contributed by atoms with Crippen LogP contribution in [0.5, 0.6) is 5.75 Å². The highest BCUT2D eigenvalue weighted by Crippen LogP contribution is 2.31. The normalized spacial score (nSPS) is 17.4. The zero-order valence-electron chi connectivity index (χ0n) is 17.2. The molecule has 5 amide bonds. The predicted octanol–water partition coefficient (Wildman–Crippen LogP) is 1.78. The molecule has 0 aromatic heterocycles. The zero-order chi connectivity index (χ0) is 22.6. The number of hydrogen-bond donors (Lipinski definition) is 2. The van der Waals surface area contributed by atoms with Gasteiger partial charge < -0.3 is 10.1 Å². The predicted molar refractivity (Wildman–Crippen MR) is 110 cm³/mol. The molecule has 1 saturated carbocycles. The van der Waals surface area contributed by atoms with E-state index in [0.29, 0.717) is 18.1 Å². The molecule has 2 aliphatic rings. The highest BCUT2D eigenvalue weighted by atomic mass is 32.2. The third kappa shape index (κ3) is 6.65. The summed E-state index contributed by atoms with van der Waals surface area (Å²) in [5, 5.41) is 4.41. The molecule has 0 bridgehead atoms. The van der Waals surface area contributed by atoms with Crippen molar-refractivity contribution in [1.29, 1.82) is 0 Å². The van der Waals surface area contributed by atoms with E-state index in [-0.39, 0.29) is 42.7 Å². The maximum Gasteiger partial charge on any atom is 0.332 e. The third-order valence-corrected chi connectivity index (χ3v) is 7.06. The molecule has 0 unspecified atom stereocenters. The Balaban J connectivity index is 1.45. The van der Waals surface area contributed by atoms with Crippen molar-refractivity contribution in [3.63, 3.8) is 0 Å². The van der Waals surface area contributed by atoms with Gasteiger partial charge in [0, 0.05) is 6.54 Å². The summed E-state index contributed by atoms with van der Waals surface area (Å²) in [4.78, 5) is 35.1. The largest absolute Gasteiger partial charge is 0.490 e. The number of amides is 5. The molecule has 11 heteroatoms. The number of halogens is 1. The Morgan fingerprint density at radius 1 is 1.35 bits per heavy atom. The molecule has 1 saturated heterocycles. The number of rotatable bonds is 10. The zero-order valence-corrected chi connectivity index (χ0v) is 18.0. The first-order valence-corrected chi connectivity index (χ1v) is 12.0. The fourth-order valence-electron chi connectivity index (χ4n) is 3.18. The molecule has 1 aliphatic carbocycles. The van der Waals surface area contributed by atoms with Gasteiger partial charge in [0.15, 0.2) is 21.4 Å². The van der Waals surface area contributed by atoms with Gasteiger partial charge in [-0.2, -0.15) is 0 Å². The number of hydrogen-bond acceptors (Lipinski definition) is 6. The molecule has 2 N–H and O–H groups in total. The van der Waals surface area contributed by atoms with E-state index >= 15 is 0 Å². The van der Waals surface area contributed by atoms with Gasteiger partial charge in [-0.25, -0.2) is 27.3 Å². The van der Waals surface area contributed by atoms with Gasteiger partial charge in [-0.05, 0) is 48.8 Å². The first-order chi connectivity index (χ1) is 14.6. The van der Waals surface area contributed by atoms with Crippen molar-refractivity contribution in [2.24, 2.45) is 5.92 Å². The average Bonchev–Trinajstić information content (AvgIpc) is 3.46. The Labute approximate surface area is 180 Å². The van der Waals surface area contributed by atoms with Crippen LogP contribution in [0.2, 0.25) is 0 Å². The molecule has 3 rings (SSSR count). The summed E-state index contributed by atoms with van der Waals surface area (Å²) in [6.45, 7) is 1.90. The standard InChI is InChI=1S/C20H26FN3O6S/c1-13(15-5-6-16(21)17(9-15)30-11-14-3-4-14)12-31(28,29)8-2-7-22-19(26)24-10-18(25)23-20(24)27/h5-6,9,13-14H,2-4,7-8,10-12H2,1H3,(H,22,26)(H,23,25,27)/t13-/m0/s1. The summed E-state index contributed by atoms with van der Waals surface area (Å²) in [6.07, 6.45) is 2.32. The van der Waals surface area contributed by atoms with Crippen LogP contribution in [-0.4, -0.2) is 62.5 Å². The van der Waals surface area contributed by atoms with Crippen LogP contribution in [0.1, 0.15) is 37.7 Å². The van der Waals surface area contributed by atoms with Gasteiger partial charge in [0.25, 0.3) is 0 Å². The number of carbonyl (C=O) groups excluding carboxylic acids is 3. The van der Waals surface area contributed by atoms with Crippen molar-refractivity contribution >= 4 is 27.8 Å². The van der Waals surface area contributed by atoms with E-state index in [0.717, 1.165) is 17.7 Å². The Bertz CT molecular complexity index is 964. The highest BCUT2D eigenvalue weighted by molar-refractivity contribution is 7.91. The van der Waals surface area contributed by atoms with Crippen molar-refractivity contribution in [1.82, 2.24) is 15.5 Å². The van der Waals surface area contributed by atoms with Crippen LogP contribution in [-0.2, 0) is 14.6 Å². The second-order valence-electron chi connectivity index (χ2n) is 7.98. The Morgan fingerprint density at radius 2 is 2.10 bits per heavy atom. The summed E-state index contributed by atoms with van der Waals surface area (Å²) in [7, 11) is -3.44. The summed E-state index contributed by atoms with van der Waals surface area (Å²) in [5.74, 6) is -1.07. The Morgan fingerprint density at radius 3 is 2.74 bits per heavy atom. The van der Waals surface area contributed by atoms with Gasteiger partial charge >= 0.3 is 12.1 Å². The van der Waals surface area contributed by atoms with Crippen LogP contribution in [0, 0.1) is 11.7 Å². The van der Waals surface area contributed by atoms with Crippen LogP contribution in [0.3, 0.4) is 0 Å². The van der Waals surface area contributed by atoms with Crippen LogP contribution >= 0.6 is 0 Å². The lowest BCUT2D eigenvalue weighted by molar-refractivity contribution is -0.118. The summed E-state index contributed by atoms with van der Waals surface area (Å²) >= 11 is 0. The average molecular weight is 456 g/mol. The van der Waals surface area contributed by atoms with Gasteiger partial charge in [0.2, 0.25) is 5.91 Å². The van der Waals surface area contributed by atoms with E-state index in [9.17, 15) is 27.2 Å². The lowest BCUT2D eigenvalue weighted by atomic mass is 10.0. The molecule has 1 aliphatic heterocycles. The van der Waals surface area contributed by atoms with Crippen LogP contribution in [0.25, 0.3) is 0 Å². The lowest BCUT2D eigenvalue weighted by Gasteiger charge is -2.15. The van der Waals surface area contributed by atoms with Gasteiger partial charge in [0.1, 0.15) is 6.54 Å². The second-order valence-corrected chi connectivity index (χ2v) is 10.2. The summed E-state index contributed by atoms with van der Waals surface area (Å²) in [6, 6.07) is 2.85. The van der Waals surface area contributed by atoms with Crippen LogP contribution < -0.4 is 15.4 Å². The number of nitrogens with zero attached hydrogens (tertiary/aromatic N) is 1. The number of carbonyl (C=O) groups is 3. The monoisotopic (exact) mass is 455 g/mol. The van der Waals surface area contributed by atoms with E-state index in [4.69, 9.17) is 4.74 Å². The molecule has 31 heavy (non-hydrogen) atoms. The molecule has 9 nitrogen and oxygen atoms in total. The Kier molecular flexibility index (Phi) is 7.14. The lowest BCUT2D eigenvalue weighted by Crippen LogP contribution is -2.42. The minimum Gasteiger partial charge on any atom is -0.490 e. The van der Waals surface area contributed by atoms with Crippen molar-refractivity contribution in [2.75, 3.05) is 31.2 Å². The van der Waals surface area contributed by atoms with E-state index in [1.165, 1.54) is 6.07 Å². The summed E-state index contributed by atoms with van der Waals surface area (Å²) in [5.41, 5.74) is 0.675. The first-order valence-electron chi connectivity index (χ1n) is 10.2. The van der Waals surface area contributed by atoms with Gasteiger partial charge in [-0.3, -0.25) is 10.1 Å². The second kappa shape index (κ2) is 9.63. The molecular formula is C20H26FN3O6S. The smallest absolute Gasteiger partial charge is 0.332 e. The van der Waals surface area contributed by atoms with Crippen molar-refractivity contribution in [2.45, 2.75) is 32.1 Å². The minimum atomic E-state index is -3.44. The topological polar surface area (TPSA) is 122 Å². The van der Waals surface area contributed by atoms with Crippen molar-refractivity contribution < 1.29 is 31.9 Å². The molecule has 2 fully saturated rings. The van der Waals surface area contributed by atoms with E-state index in [2.05, 4.69) is 5.32 Å². The maximum absolute atomic E-state index is 13.9. The van der Waals surface area contributed by atoms with E-state index < -0.39 is 33.6 Å². The molecular weight excluding hydrogens is 429 g/mol. The fourth-order valence-corrected chi connectivity index (χ4v) is 4.88. The number of urea groups is 2. The van der Waals surface area contributed by atoms with Gasteiger partial charge in [-0.1, -0.05) is 13.0 Å². The molecule has 1 aromatic rings. The molecule has 170 valence electrons. The number of ether oxygens (including phenoxy) is 1. The van der Waals surface area contributed by atoms with Crippen LogP contribution in [0.15, 0.2) is 18.2 Å². The summed E-state index contributed by atoms with van der Waals surface area (Å²) < 4.78 is 44.4. The van der Waals surface area contributed by atoms with E-state index in [1.54, 1.807) is 19.1 Å². The van der Waals surface area contributed by atoms with E-state index in [1.807, 2.05) is 5.32 Å². The SMILES string of the molecule is C[C@@H](CS(=O)(=O)CCCNC(=O)N1CC(=O)NC1=O)c1ccc(F)c(OCC2CC2)c1. The van der Waals surface area contributed by atoms with Gasteiger partial charge in [-0.15, -0.1) is 0 Å². The maximum atomic E-state index is 13.9. The highest BCUT2D eigenvalue weighted by Gasteiger charge is 2.31. The van der Waals surface area contributed by atoms with Crippen molar-refractivity contribution in [3.8, 4) is 5.75 Å². The van der Waals surface area contributed by atoms with Gasteiger partial charge in [0.05, 0.1) is 18.1 Å². The molecule has 1 aromatic carbocycles. The minimum absolute atomic E-state index is 0.0418. The first kappa shape index (κ1) is 23.0. The number of nitrogens with one attached hydrogen (secondary N) is 2. The van der Waals surface area contributed by atoms with Crippen LogP contribution in [0.4, 0.5) is 14.0 Å². The number of benzene rings is 1. The third-order valence-electron chi connectivity index (χ3n) is 5.15. The molecule has 1 atom stereocenters. The molecule has 0 spiro atoms.